The number of urea groups is 1. The van der Waals surface area contributed by atoms with Crippen LogP contribution in [0.15, 0.2) is 42.5 Å². The molecule has 144 valence electrons. The van der Waals surface area contributed by atoms with E-state index >= 15 is 0 Å². The van der Waals surface area contributed by atoms with Crippen LogP contribution in [0.5, 0.6) is 0 Å². The lowest BCUT2D eigenvalue weighted by Crippen LogP contribution is -2.41. The molecule has 0 fully saturated rings. The number of hydrogen-bond donors (Lipinski definition) is 2. The highest BCUT2D eigenvalue weighted by molar-refractivity contribution is 6.31. The lowest BCUT2D eigenvalue weighted by molar-refractivity contribution is 0.0697. The van der Waals surface area contributed by atoms with Crippen molar-refractivity contribution < 1.29 is 23.8 Å². The van der Waals surface area contributed by atoms with Gasteiger partial charge in [-0.25, -0.2) is 14.0 Å². The van der Waals surface area contributed by atoms with E-state index in [0.29, 0.717) is 18.7 Å². The lowest BCUT2D eigenvalue weighted by atomic mass is 10.1. The molecule has 0 aromatic heterocycles. The Morgan fingerprint density at radius 2 is 1.93 bits per heavy atom. The quantitative estimate of drug-likeness (QED) is 0.717. The van der Waals surface area contributed by atoms with E-state index in [1.54, 1.807) is 12.1 Å². The zero-order valence-electron chi connectivity index (χ0n) is 14.7. The standard InChI is InChI=1S/C19H20ClFN2O4/c1-27-9-8-23(12-15-6-7-16(21)10-17(15)20)19(26)22-11-13-2-4-14(5-3-13)18(24)25/h2-7,10H,8-9,11-12H2,1H3,(H,22,26)(H,24,25). The van der Waals surface area contributed by atoms with Crippen LogP contribution < -0.4 is 5.32 Å². The number of nitrogens with zero attached hydrogens (tertiary/aromatic N) is 1. The topological polar surface area (TPSA) is 78.9 Å². The molecule has 0 aliphatic heterocycles. The molecule has 2 rings (SSSR count). The highest BCUT2D eigenvalue weighted by Gasteiger charge is 2.15. The van der Waals surface area contributed by atoms with Crippen LogP contribution in [-0.4, -0.2) is 42.3 Å². The van der Waals surface area contributed by atoms with E-state index in [-0.39, 0.29) is 29.7 Å². The number of carboxylic acid groups (broad SMARTS) is 1. The normalized spacial score (nSPS) is 10.5. The molecule has 0 heterocycles. The summed E-state index contributed by atoms with van der Waals surface area (Å²) in [7, 11) is 1.53. The molecular weight excluding hydrogens is 375 g/mol. The molecule has 2 aromatic rings. The predicted octanol–water partition coefficient (Wildman–Crippen LogP) is 3.54. The SMILES string of the molecule is COCCN(Cc1ccc(F)cc1Cl)C(=O)NCc1ccc(C(=O)O)cc1. The van der Waals surface area contributed by atoms with Gasteiger partial charge in [-0.1, -0.05) is 29.8 Å². The molecule has 0 unspecified atom stereocenters. The molecule has 2 N–H and O–H groups in total. The number of benzene rings is 2. The van der Waals surface area contributed by atoms with Gasteiger partial charge >= 0.3 is 12.0 Å². The molecule has 0 saturated heterocycles. The van der Waals surface area contributed by atoms with Gasteiger partial charge in [0.05, 0.1) is 12.2 Å². The highest BCUT2D eigenvalue weighted by atomic mass is 35.5. The van der Waals surface area contributed by atoms with Gasteiger partial charge < -0.3 is 20.1 Å². The van der Waals surface area contributed by atoms with Crippen molar-refractivity contribution in [1.29, 1.82) is 0 Å². The molecule has 0 atom stereocenters. The van der Waals surface area contributed by atoms with Gasteiger partial charge in [0.25, 0.3) is 0 Å². The minimum Gasteiger partial charge on any atom is -0.478 e. The van der Waals surface area contributed by atoms with E-state index in [2.05, 4.69) is 5.32 Å². The Morgan fingerprint density at radius 1 is 1.22 bits per heavy atom. The summed E-state index contributed by atoms with van der Waals surface area (Å²) in [5, 5.41) is 11.9. The Kier molecular flexibility index (Phi) is 7.57. The number of amides is 2. The van der Waals surface area contributed by atoms with Crippen LogP contribution in [0.1, 0.15) is 21.5 Å². The fraction of sp³-hybridized carbons (Fsp3) is 0.263. The van der Waals surface area contributed by atoms with Crippen LogP contribution in [-0.2, 0) is 17.8 Å². The number of ether oxygens (including phenoxy) is 1. The van der Waals surface area contributed by atoms with Crippen molar-refractivity contribution >= 4 is 23.6 Å². The van der Waals surface area contributed by atoms with E-state index in [0.717, 1.165) is 5.56 Å². The van der Waals surface area contributed by atoms with Crippen LogP contribution in [0.4, 0.5) is 9.18 Å². The molecule has 0 bridgehead atoms. The van der Waals surface area contributed by atoms with Crippen molar-refractivity contribution in [3.05, 3.63) is 70.0 Å². The van der Waals surface area contributed by atoms with E-state index < -0.39 is 11.8 Å². The zero-order chi connectivity index (χ0) is 19.8. The number of carboxylic acids is 1. The fourth-order valence-corrected chi connectivity index (χ4v) is 2.59. The van der Waals surface area contributed by atoms with Gasteiger partial charge in [0.1, 0.15) is 5.82 Å². The third-order valence-corrected chi connectivity index (χ3v) is 4.23. The highest BCUT2D eigenvalue weighted by Crippen LogP contribution is 2.19. The Labute approximate surface area is 161 Å². The van der Waals surface area contributed by atoms with Gasteiger partial charge in [-0.05, 0) is 35.4 Å². The minimum absolute atomic E-state index is 0.178. The maximum atomic E-state index is 13.2. The Hall–Kier alpha value is -2.64. The molecular formula is C19H20ClFN2O4. The maximum Gasteiger partial charge on any atom is 0.335 e. The second kappa shape index (κ2) is 9.89. The van der Waals surface area contributed by atoms with E-state index in [1.807, 2.05) is 0 Å². The third kappa shape index (κ3) is 6.23. The van der Waals surface area contributed by atoms with Crippen molar-refractivity contribution in [3.8, 4) is 0 Å². The van der Waals surface area contributed by atoms with Crippen molar-refractivity contribution in [1.82, 2.24) is 10.2 Å². The van der Waals surface area contributed by atoms with Crippen LogP contribution in [0.2, 0.25) is 5.02 Å². The molecule has 6 nitrogen and oxygen atoms in total. The van der Waals surface area contributed by atoms with Crippen LogP contribution in [0.25, 0.3) is 0 Å². The first-order chi connectivity index (χ1) is 12.9. The summed E-state index contributed by atoms with van der Waals surface area (Å²) in [4.78, 5) is 24.9. The number of rotatable bonds is 8. The average Bonchev–Trinajstić information content (AvgIpc) is 2.65. The van der Waals surface area contributed by atoms with Gasteiger partial charge in [0.2, 0.25) is 0 Å². The summed E-state index contributed by atoms with van der Waals surface area (Å²) in [5.74, 6) is -1.45. The molecule has 2 amide bonds. The molecule has 0 spiro atoms. The predicted molar refractivity (Wildman–Crippen MR) is 99.3 cm³/mol. The molecule has 0 radical (unpaired) electrons. The largest absolute Gasteiger partial charge is 0.478 e. The average molecular weight is 395 g/mol. The molecule has 2 aromatic carbocycles. The summed E-state index contributed by atoms with van der Waals surface area (Å²) >= 11 is 6.05. The smallest absolute Gasteiger partial charge is 0.335 e. The zero-order valence-corrected chi connectivity index (χ0v) is 15.5. The second-order valence-electron chi connectivity index (χ2n) is 5.81. The van der Waals surface area contributed by atoms with Crippen molar-refractivity contribution in [2.24, 2.45) is 0 Å². The number of halogens is 2. The maximum absolute atomic E-state index is 13.2. The van der Waals surface area contributed by atoms with E-state index in [1.165, 1.54) is 42.3 Å². The molecule has 0 saturated carbocycles. The number of carbonyl (C=O) groups excluding carboxylic acids is 1. The summed E-state index contributed by atoms with van der Waals surface area (Å²) in [6, 6.07) is 9.92. The first kappa shape index (κ1) is 20.7. The lowest BCUT2D eigenvalue weighted by Gasteiger charge is -2.23. The number of nitrogens with one attached hydrogen (secondary N) is 1. The third-order valence-electron chi connectivity index (χ3n) is 3.87. The molecule has 0 aliphatic carbocycles. The number of methoxy groups -OCH3 is 1. The van der Waals surface area contributed by atoms with Gasteiger partial charge in [-0.3, -0.25) is 0 Å². The van der Waals surface area contributed by atoms with Crippen molar-refractivity contribution in [2.45, 2.75) is 13.1 Å². The van der Waals surface area contributed by atoms with Gasteiger partial charge in [-0.2, -0.15) is 0 Å². The Balaban J connectivity index is 2.01. The Bertz CT molecular complexity index is 799. The number of aromatic carboxylic acids is 1. The number of carbonyl (C=O) groups is 2. The first-order valence-electron chi connectivity index (χ1n) is 8.18. The van der Waals surface area contributed by atoms with Crippen LogP contribution >= 0.6 is 11.6 Å². The van der Waals surface area contributed by atoms with Gasteiger partial charge in [-0.15, -0.1) is 0 Å². The van der Waals surface area contributed by atoms with E-state index in [9.17, 15) is 14.0 Å². The summed E-state index contributed by atoms with van der Waals surface area (Å²) in [6.45, 7) is 1.10. The molecule has 8 heteroatoms. The summed E-state index contributed by atoms with van der Waals surface area (Å²) in [6.07, 6.45) is 0. The van der Waals surface area contributed by atoms with Gasteiger partial charge in [0.15, 0.2) is 0 Å². The fourth-order valence-electron chi connectivity index (χ4n) is 2.36. The van der Waals surface area contributed by atoms with Crippen molar-refractivity contribution in [2.75, 3.05) is 20.3 Å². The van der Waals surface area contributed by atoms with Gasteiger partial charge in [0, 0.05) is 31.8 Å². The summed E-state index contributed by atoms with van der Waals surface area (Å²) < 4.78 is 18.2. The Morgan fingerprint density at radius 3 is 2.52 bits per heavy atom. The van der Waals surface area contributed by atoms with Crippen LogP contribution in [0.3, 0.4) is 0 Å². The monoisotopic (exact) mass is 394 g/mol. The van der Waals surface area contributed by atoms with Crippen molar-refractivity contribution in [3.63, 3.8) is 0 Å². The molecule has 27 heavy (non-hydrogen) atoms. The van der Waals surface area contributed by atoms with Crippen LogP contribution in [0, 0.1) is 5.82 Å². The minimum atomic E-state index is -1.01. The van der Waals surface area contributed by atoms with E-state index in [4.69, 9.17) is 21.4 Å². The first-order valence-corrected chi connectivity index (χ1v) is 8.56. The second-order valence-corrected chi connectivity index (χ2v) is 6.22. The molecule has 0 aliphatic rings. The summed E-state index contributed by atoms with van der Waals surface area (Å²) in [5.41, 5.74) is 1.56. The number of hydrogen-bond acceptors (Lipinski definition) is 3.